The van der Waals surface area contributed by atoms with Crippen molar-refractivity contribution in [3.05, 3.63) is 0 Å². The van der Waals surface area contributed by atoms with Gasteiger partial charge in [-0.2, -0.15) is 0 Å². The van der Waals surface area contributed by atoms with E-state index in [1.165, 1.54) is 7.05 Å². The van der Waals surface area contributed by atoms with Gasteiger partial charge in [0.25, 0.3) is 5.91 Å². The molecule has 5 nitrogen and oxygen atoms in total. The van der Waals surface area contributed by atoms with Crippen LogP contribution in [0.25, 0.3) is 0 Å². The van der Waals surface area contributed by atoms with Crippen LogP contribution in [0.1, 0.15) is 19.3 Å². The number of urea groups is 1. The molecule has 0 atom stereocenters. The van der Waals surface area contributed by atoms with E-state index in [-0.39, 0.29) is 12.8 Å². The smallest absolute Gasteiger partial charge is 0.333 e. The summed E-state index contributed by atoms with van der Waals surface area (Å²) in [6, 6.07) is -0.823. The first-order chi connectivity index (χ1) is 5.96. The summed E-state index contributed by atoms with van der Waals surface area (Å²) in [5.41, 5.74) is 5.10. The number of rotatable bonds is 1. The minimum absolute atomic E-state index is 0.214. The SMILES string of the molecule is CN(NC(=O)C1(F)CCC1)C(N)=O. The molecule has 3 N–H and O–H groups in total. The second-order valence-corrected chi connectivity index (χ2v) is 3.16. The highest BCUT2D eigenvalue weighted by Crippen LogP contribution is 2.35. The highest BCUT2D eigenvalue weighted by molar-refractivity contribution is 5.87. The summed E-state index contributed by atoms with van der Waals surface area (Å²) in [5.74, 6) is -0.792. The fraction of sp³-hybridized carbons (Fsp3) is 0.714. The van der Waals surface area contributed by atoms with Gasteiger partial charge in [-0.15, -0.1) is 0 Å². The fourth-order valence-electron chi connectivity index (χ4n) is 1.02. The fourth-order valence-corrected chi connectivity index (χ4v) is 1.02. The number of carbonyl (C=O) groups is 2. The molecule has 0 aromatic rings. The number of nitrogens with zero attached hydrogens (tertiary/aromatic N) is 1. The zero-order chi connectivity index (χ0) is 10.1. The maximum Gasteiger partial charge on any atom is 0.333 e. The van der Waals surface area contributed by atoms with Gasteiger partial charge in [-0.1, -0.05) is 0 Å². The van der Waals surface area contributed by atoms with Crippen LogP contribution in [0.3, 0.4) is 0 Å². The Morgan fingerprint density at radius 3 is 2.38 bits per heavy atom. The molecule has 0 spiro atoms. The van der Waals surface area contributed by atoms with E-state index in [9.17, 15) is 14.0 Å². The number of hydrogen-bond donors (Lipinski definition) is 2. The van der Waals surface area contributed by atoms with Gasteiger partial charge in [0.05, 0.1) is 0 Å². The first-order valence-corrected chi connectivity index (χ1v) is 3.99. The maximum absolute atomic E-state index is 13.3. The van der Waals surface area contributed by atoms with Crippen molar-refractivity contribution in [2.75, 3.05) is 7.05 Å². The van der Waals surface area contributed by atoms with Crippen LogP contribution in [0, 0.1) is 0 Å². The number of alkyl halides is 1. The molecule has 1 aliphatic rings. The van der Waals surface area contributed by atoms with Crippen LogP contribution in [-0.4, -0.2) is 29.7 Å². The highest BCUT2D eigenvalue weighted by Gasteiger charge is 2.45. The molecule has 0 aromatic carbocycles. The molecule has 0 aliphatic heterocycles. The zero-order valence-electron chi connectivity index (χ0n) is 7.34. The lowest BCUT2D eigenvalue weighted by Crippen LogP contribution is -2.55. The largest absolute Gasteiger partial charge is 0.350 e. The Hall–Kier alpha value is -1.33. The minimum Gasteiger partial charge on any atom is -0.350 e. The van der Waals surface area contributed by atoms with E-state index in [0.717, 1.165) is 5.01 Å². The second kappa shape index (κ2) is 3.20. The van der Waals surface area contributed by atoms with Crippen molar-refractivity contribution in [3.8, 4) is 0 Å². The molecule has 0 heterocycles. The van der Waals surface area contributed by atoms with Crippen molar-refractivity contribution in [1.82, 2.24) is 10.4 Å². The predicted octanol–water partition coefficient (Wildman–Crippen LogP) is -0.0797. The van der Waals surface area contributed by atoms with Crippen LogP contribution in [-0.2, 0) is 4.79 Å². The monoisotopic (exact) mass is 189 g/mol. The summed E-state index contributed by atoms with van der Waals surface area (Å²) < 4.78 is 13.3. The molecular formula is C7H12FN3O2. The van der Waals surface area contributed by atoms with Gasteiger partial charge >= 0.3 is 6.03 Å². The molecule has 1 fully saturated rings. The normalized spacial score (nSPS) is 18.6. The molecule has 0 bridgehead atoms. The summed E-state index contributed by atoms with van der Waals surface area (Å²) in [7, 11) is 1.27. The molecule has 0 radical (unpaired) electrons. The Morgan fingerprint density at radius 1 is 1.54 bits per heavy atom. The van der Waals surface area contributed by atoms with Gasteiger partial charge in [0.15, 0.2) is 5.67 Å². The summed E-state index contributed by atoms with van der Waals surface area (Å²) >= 11 is 0. The average Bonchev–Trinajstić information content (AvgIpc) is 1.99. The van der Waals surface area contributed by atoms with Crippen LogP contribution in [0.4, 0.5) is 9.18 Å². The summed E-state index contributed by atoms with van der Waals surface area (Å²) in [6.07, 6.45) is 1.13. The number of carbonyl (C=O) groups excluding carboxylic acids is 2. The summed E-state index contributed by atoms with van der Waals surface area (Å²) in [5, 5.41) is 0.766. The lowest BCUT2D eigenvalue weighted by molar-refractivity contribution is -0.141. The molecule has 0 saturated heterocycles. The Bertz CT molecular complexity index is 240. The number of hydrogen-bond acceptors (Lipinski definition) is 2. The number of halogens is 1. The number of nitrogens with two attached hydrogens (primary N) is 1. The molecule has 0 aromatic heterocycles. The molecule has 0 unspecified atom stereocenters. The Labute approximate surface area is 75.0 Å². The molecule has 1 saturated carbocycles. The zero-order valence-corrected chi connectivity index (χ0v) is 7.34. The van der Waals surface area contributed by atoms with Gasteiger partial charge in [0.2, 0.25) is 0 Å². The van der Waals surface area contributed by atoms with Crippen molar-refractivity contribution >= 4 is 11.9 Å². The third-order valence-electron chi connectivity index (χ3n) is 2.15. The Morgan fingerprint density at radius 2 is 2.08 bits per heavy atom. The van der Waals surface area contributed by atoms with Gasteiger partial charge in [0, 0.05) is 7.05 Å². The van der Waals surface area contributed by atoms with Crippen molar-refractivity contribution < 1.29 is 14.0 Å². The van der Waals surface area contributed by atoms with Gasteiger partial charge < -0.3 is 5.73 Å². The molecule has 13 heavy (non-hydrogen) atoms. The van der Waals surface area contributed by atoms with Gasteiger partial charge in [-0.3, -0.25) is 10.2 Å². The molecular weight excluding hydrogens is 177 g/mol. The van der Waals surface area contributed by atoms with Gasteiger partial charge in [0.1, 0.15) is 0 Å². The third kappa shape index (κ3) is 1.88. The molecule has 3 amide bonds. The van der Waals surface area contributed by atoms with Crippen LogP contribution in [0.15, 0.2) is 0 Å². The number of nitrogens with one attached hydrogen (secondary N) is 1. The summed E-state index contributed by atoms with van der Waals surface area (Å²) in [6.45, 7) is 0. The minimum atomic E-state index is -1.80. The van der Waals surface area contributed by atoms with Crippen LogP contribution >= 0.6 is 0 Å². The summed E-state index contributed by atoms with van der Waals surface area (Å²) in [4.78, 5) is 21.6. The lowest BCUT2D eigenvalue weighted by Gasteiger charge is -2.33. The molecule has 6 heteroatoms. The number of hydrazine groups is 1. The van der Waals surface area contributed by atoms with Crippen molar-refractivity contribution in [1.29, 1.82) is 0 Å². The highest BCUT2D eigenvalue weighted by atomic mass is 19.1. The van der Waals surface area contributed by atoms with Gasteiger partial charge in [-0.05, 0) is 19.3 Å². The first kappa shape index (κ1) is 9.76. The van der Waals surface area contributed by atoms with E-state index >= 15 is 0 Å². The second-order valence-electron chi connectivity index (χ2n) is 3.16. The quantitative estimate of drug-likeness (QED) is 0.566. The van der Waals surface area contributed by atoms with E-state index in [4.69, 9.17) is 5.73 Å². The van der Waals surface area contributed by atoms with Crippen LogP contribution in [0.5, 0.6) is 0 Å². The van der Waals surface area contributed by atoms with Crippen molar-refractivity contribution in [2.45, 2.75) is 24.9 Å². The topological polar surface area (TPSA) is 75.4 Å². The molecule has 1 aliphatic carbocycles. The van der Waals surface area contributed by atoms with Crippen LogP contribution in [0.2, 0.25) is 0 Å². The van der Waals surface area contributed by atoms with E-state index < -0.39 is 17.6 Å². The van der Waals surface area contributed by atoms with Crippen LogP contribution < -0.4 is 11.2 Å². The first-order valence-electron chi connectivity index (χ1n) is 3.99. The average molecular weight is 189 g/mol. The van der Waals surface area contributed by atoms with Crippen molar-refractivity contribution in [2.24, 2.45) is 5.73 Å². The van der Waals surface area contributed by atoms with Crippen molar-refractivity contribution in [3.63, 3.8) is 0 Å². The number of primary amides is 1. The molecule has 74 valence electrons. The maximum atomic E-state index is 13.3. The predicted molar refractivity (Wildman–Crippen MR) is 43.2 cm³/mol. The van der Waals surface area contributed by atoms with E-state index in [2.05, 4.69) is 5.43 Å². The lowest BCUT2D eigenvalue weighted by atomic mass is 9.81. The number of amides is 3. The standard InChI is InChI=1S/C7H12FN3O2/c1-11(6(9)13)10-5(12)7(8)3-2-4-7/h2-4H2,1H3,(H2,9,13)(H,10,12). The third-order valence-corrected chi connectivity index (χ3v) is 2.15. The Balaban J connectivity index is 2.45. The van der Waals surface area contributed by atoms with Gasteiger partial charge in [-0.25, -0.2) is 14.2 Å². The van der Waals surface area contributed by atoms with E-state index in [1.807, 2.05) is 0 Å². The molecule has 1 rings (SSSR count). The van der Waals surface area contributed by atoms with E-state index in [0.29, 0.717) is 6.42 Å². The van der Waals surface area contributed by atoms with E-state index in [1.54, 1.807) is 0 Å². The Kier molecular flexibility index (Phi) is 2.40.